The van der Waals surface area contributed by atoms with Gasteiger partial charge in [-0.3, -0.25) is 0 Å². The van der Waals surface area contributed by atoms with Crippen LogP contribution in [0.2, 0.25) is 5.02 Å². The molecule has 0 aliphatic rings. The van der Waals surface area contributed by atoms with E-state index in [0.717, 1.165) is 12.1 Å². The van der Waals surface area contributed by atoms with Gasteiger partial charge in [-0.1, -0.05) is 23.7 Å². The Labute approximate surface area is 160 Å². The van der Waals surface area contributed by atoms with Crippen LogP contribution < -0.4 is 5.32 Å². The minimum Gasteiger partial charge on any atom is -0.366 e. The quantitative estimate of drug-likeness (QED) is 0.335. The topological polar surface area (TPSA) is 27.6 Å². The molecular weight excluding hydrogens is 383 g/mol. The van der Waals surface area contributed by atoms with Crippen molar-refractivity contribution >= 4 is 46.8 Å². The number of anilines is 2. The van der Waals surface area contributed by atoms with Crippen molar-refractivity contribution in [2.75, 3.05) is 18.9 Å². The van der Waals surface area contributed by atoms with Crippen molar-refractivity contribution in [2.45, 2.75) is 24.3 Å². The van der Waals surface area contributed by atoms with Crippen LogP contribution in [-0.2, 0) is 0 Å². The van der Waals surface area contributed by atoms with E-state index in [1.54, 1.807) is 36.7 Å². The number of hydrogen-bond donors (Lipinski definition) is 1. The first-order chi connectivity index (χ1) is 12.2. The lowest BCUT2D eigenvalue weighted by atomic mass is 10.1. The summed E-state index contributed by atoms with van der Waals surface area (Å²) in [6.45, 7) is 4.66. The summed E-state index contributed by atoms with van der Waals surface area (Å²) < 4.78 is 38.2. The smallest absolute Gasteiger partial charge is 0.366 e. The number of nitrogens with zero attached hydrogens (tertiary/aromatic N) is 2. The summed E-state index contributed by atoms with van der Waals surface area (Å²) >= 11 is 6.13. The molecule has 0 unspecified atom stereocenters. The van der Waals surface area contributed by atoms with E-state index in [0.29, 0.717) is 22.1 Å². The van der Waals surface area contributed by atoms with Crippen LogP contribution in [0.15, 0.2) is 46.3 Å². The van der Waals surface area contributed by atoms with E-state index in [9.17, 15) is 13.2 Å². The molecule has 0 aromatic heterocycles. The number of para-hydroxylation sites is 1. The predicted molar refractivity (Wildman–Crippen MR) is 104 cm³/mol. The maximum atomic E-state index is 12.7. The zero-order chi connectivity index (χ0) is 19.3. The van der Waals surface area contributed by atoms with Gasteiger partial charge in [0.25, 0.3) is 0 Å². The molecule has 0 radical (unpaired) electrons. The summed E-state index contributed by atoms with van der Waals surface area (Å²) in [6.07, 6.45) is 1.68. The van der Waals surface area contributed by atoms with E-state index in [-0.39, 0.29) is 16.7 Å². The number of rotatable bonds is 6. The number of halogens is 4. The van der Waals surface area contributed by atoms with Crippen LogP contribution >= 0.6 is 23.4 Å². The Bertz CT molecular complexity index is 794. The number of hydrogen-bond acceptors (Lipinski definition) is 3. The van der Waals surface area contributed by atoms with Crippen LogP contribution in [0.3, 0.4) is 0 Å². The molecule has 0 aliphatic carbocycles. The lowest BCUT2D eigenvalue weighted by molar-refractivity contribution is -0.0327. The van der Waals surface area contributed by atoms with Crippen molar-refractivity contribution in [2.24, 2.45) is 4.99 Å². The van der Waals surface area contributed by atoms with Gasteiger partial charge >= 0.3 is 5.51 Å². The average Bonchev–Trinajstić information content (AvgIpc) is 2.56. The zero-order valence-corrected chi connectivity index (χ0v) is 16.1. The fourth-order valence-corrected chi connectivity index (χ4v) is 2.91. The number of nitrogens with one attached hydrogen (secondary N) is 1. The Morgan fingerprint density at radius 3 is 2.58 bits per heavy atom. The van der Waals surface area contributed by atoms with Crippen molar-refractivity contribution in [1.29, 1.82) is 0 Å². The molecular formula is C18H19ClF3N3S. The highest BCUT2D eigenvalue weighted by atomic mass is 35.5. The monoisotopic (exact) mass is 401 g/mol. The molecule has 0 atom stereocenters. The van der Waals surface area contributed by atoms with Crippen molar-refractivity contribution < 1.29 is 13.2 Å². The summed E-state index contributed by atoms with van der Waals surface area (Å²) in [4.78, 5) is 6.34. The molecule has 1 N–H and O–H groups in total. The highest BCUT2D eigenvalue weighted by Crippen LogP contribution is 2.42. The van der Waals surface area contributed by atoms with Crippen LogP contribution in [0.1, 0.15) is 12.5 Å². The molecule has 0 bridgehead atoms. The van der Waals surface area contributed by atoms with Crippen LogP contribution in [0, 0.1) is 6.92 Å². The third-order valence-corrected chi connectivity index (χ3v) is 4.68. The van der Waals surface area contributed by atoms with Gasteiger partial charge in [0.05, 0.1) is 22.7 Å². The van der Waals surface area contributed by atoms with E-state index in [1.807, 2.05) is 25.8 Å². The van der Waals surface area contributed by atoms with Crippen LogP contribution in [0.5, 0.6) is 0 Å². The molecule has 0 saturated carbocycles. The second-order valence-electron chi connectivity index (χ2n) is 5.61. The molecule has 0 fully saturated rings. The molecule has 2 rings (SSSR count). The summed E-state index contributed by atoms with van der Waals surface area (Å²) in [5.41, 5.74) is -1.92. The molecule has 2 aromatic rings. The van der Waals surface area contributed by atoms with Crippen LogP contribution in [0.25, 0.3) is 0 Å². The number of aliphatic imine (C=N–C) groups is 1. The highest BCUT2D eigenvalue weighted by Gasteiger charge is 2.30. The predicted octanol–water partition coefficient (Wildman–Crippen LogP) is 6.62. The zero-order valence-electron chi connectivity index (χ0n) is 14.6. The summed E-state index contributed by atoms with van der Waals surface area (Å²) in [5.74, 6) is 0. The fourth-order valence-electron chi connectivity index (χ4n) is 2.07. The van der Waals surface area contributed by atoms with Gasteiger partial charge in [0, 0.05) is 24.2 Å². The summed E-state index contributed by atoms with van der Waals surface area (Å²) in [5, 5.41) is 3.46. The second-order valence-corrected chi connectivity index (χ2v) is 7.12. The van der Waals surface area contributed by atoms with E-state index in [4.69, 9.17) is 11.6 Å². The summed E-state index contributed by atoms with van der Waals surface area (Å²) in [7, 11) is 1.90. The maximum Gasteiger partial charge on any atom is 0.446 e. The van der Waals surface area contributed by atoms with Crippen molar-refractivity contribution in [3.05, 3.63) is 47.0 Å². The lowest BCUT2D eigenvalue weighted by Gasteiger charge is -2.16. The Morgan fingerprint density at radius 2 is 1.92 bits per heavy atom. The highest BCUT2D eigenvalue weighted by molar-refractivity contribution is 8.00. The average molecular weight is 402 g/mol. The van der Waals surface area contributed by atoms with Gasteiger partial charge in [0.15, 0.2) is 0 Å². The normalized spacial score (nSPS) is 11.8. The molecule has 0 aliphatic heterocycles. The van der Waals surface area contributed by atoms with Crippen LogP contribution in [-0.4, -0.2) is 30.3 Å². The van der Waals surface area contributed by atoms with Crippen molar-refractivity contribution in [1.82, 2.24) is 4.90 Å². The molecule has 2 aromatic carbocycles. The Morgan fingerprint density at radius 1 is 1.23 bits per heavy atom. The minimum atomic E-state index is -4.35. The Balaban J connectivity index is 2.29. The first-order valence-corrected chi connectivity index (χ1v) is 9.05. The maximum absolute atomic E-state index is 12.7. The number of benzene rings is 2. The Kier molecular flexibility index (Phi) is 6.83. The molecule has 8 heteroatoms. The van der Waals surface area contributed by atoms with Crippen molar-refractivity contribution in [3.8, 4) is 0 Å². The Hall–Kier alpha value is -1.86. The number of alkyl halides is 3. The third-order valence-electron chi connectivity index (χ3n) is 3.57. The fraction of sp³-hybridized carbons (Fsp3) is 0.278. The summed E-state index contributed by atoms with van der Waals surface area (Å²) in [6, 6.07) is 9.75. The molecule has 0 spiro atoms. The molecule has 0 saturated heterocycles. The van der Waals surface area contributed by atoms with E-state index >= 15 is 0 Å². The van der Waals surface area contributed by atoms with Crippen molar-refractivity contribution in [3.63, 3.8) is 0 Å². The first kappa shape index (κ1) is 20.5. The lowest BCUT2D eigenvalue weighted by Crippen LogP contribution is -2.14. The number of thioether (sulfide) groups is 1. The molecule has 3 nitrogen and oxygen atoms in total. The number of aryl methyl sites for hydroxylation is 1. The van der Waals surface area contributed by atoms with E-state index < -0.39 is 5.51 Å². The van der Waals surface area contributed by atoms with Gasteiger partial charge in [-0.2, -0.15) is 13.2 Å². The molecule has 140 valence electrons. The van der Waals surface area contributed by atoms with Gasteiger partial charge in [0.1, 0.15) is 0 Å². The van der Waals surface area contributed by atoms with Gasteiger partial charge in [-0.25, -0.2) is 4.99 Å². The largest absolute Gasteiger partial charge is 0.446 e. The van der Waals surface area contributed by atoms with Crippen LogP contribution in [0.4, 0.5) is 30.2 Å². The van der Waals surface area contributed by atoms with Gasteiger partial charge in [-0.05, 0) is 55.4 Å². The molecule has 26 heavy (non-hydrogen) atoms. The van der Waals surface area contributed by atoms with Gasteiger partial charge in [-0.15, -0.1) is 0 Å². The van der Waals surface area contributed by atoms with Gasteiger partial charge < -0.3 is 10.2 Å². The third kappa shape index (κ3) is 5.85. The standard InChI is InChI=1S/C18H19ClF3N3S/c1-4-25(3)11-23-16-9-12(2)15(10-13(16)19)24-14-7-5-6-8-17(14)26-18(20,21)22/h5-11,24H,4H2,1-3H3/b23-11-. The first-order valence-electron chi connectivity index (χ1n) is 7.86. The van der Waals surface area contributed by atoms with Gasteiger partial charge in [0.2, 0.25) is 0 Å². The minimum absolute atomic E-state index is 0.0993. The molecule has 0 heterocycles. The van der Waals surface area contributed by atoms with E-state index in [2.05, 4.69) is 10.3 Å². The molecule has 0 amide bonds. The SMILES string of the molecule is CCN(C)/C=N\c1cc(C)c(Nc2ccccc2SC(F)(F)F)cc1Cl. The van der Waals surface area contributed by atoms with E-state index in [1.165, 1.54) is 6.07 Å². The second kappa shape index (κ2) is 8.68.